The summed E-state index contributed by atoms with van der Waals surface area (Å²) >= 11 is 12.6. The van der Waals surface area contributed by atoms with E-state index >= 15 is 0 Å². The maximum Gasteiger partial charge on any atom is 0.456 e. The summed E-state index contributed by atoms with van der Waals surface area (Å²) in [5, 5.41) is 5.70. The second-order valence-electron chi connectivity index (χ2n) is 14.4. The molecule has 0 unspecified atom stereocenters. The van der Waals surface area contributed by atoms with Gasteiger partial charge in [-0.05, 0) is 105 Å². The van der Waals surface area contributed by atoms with Crippen LogP contribution in [0.25, 0.3) is 10.9 Å². The number of aromatic nitrogens is 1. The van der Waals surface area contributed by atoms with Crippen molar-refractivity contribution in [2.24, 2.45) is 5.41 Å². The second-order valence-corrected chi connectivity index (χ2v) is 16.4. The van der Waals surface area contributed by atoms with Crippen LogP contribution in [0, 0.1) is 5.41 Å². The van der Waals surface area contributed by atoms with E-state index in [2.05, 4.69) is 11.4 Å². The maximum absolute atomic E-state index is 13.0. The van der Waals surface area contributed by atoms with Gasteiger partial charge in [0.1, 0.15) is 16.9 Å². The number of benzene rings is 3. The van der Waals surface area contributed by atoms with Gasteiger partial charge in [-0.25, -0.2) is 4.31 Å². The molecule has 1 aromatic heterocycles. The number of carbonyl (C=O) groups is 1. The Morgan fingerprint density at radius 2 is 1.53 bits per heavy atom. The number of hydrogen-bond acceptors (Lipinski definition) is 7. The predicted octanol–water partition coefficient (Wildman–Crippen LogP) is 11.3. The van der Waals surface area contributed by atoms with Gasteiger partial charge in [0.05, 0.1) is 13.0 Å². The van der Waals surface area contributed by atoms with Crippen LogP contribution in [-0.4, -0.2) is 52.1 Å². The van der Waals surface area contributed by atoms with Gasteiger partial charge < -0.3 is 14.8 Å². The molecule has 0 atom stereocenters. The summed E-state index contributed by atoms with van der Waals surface area (Å²) in [5.74, 6) is 0.0949. The number of esters is 1. The minimum atomic E-state index is -4.30. The summed E-state index contributed by atoms with van der Waals surface area (Å²) in [7, 11) is 0. The van der Waals surface area contributed by atoms with Crippen molar-refractivity contribution in [2.45, 2.75) is 83.4 Å². The van der Waals surface area contributed by atoms with E-state index in [4.69, 9.17) is 37.7 Å². The van der Waals surface area contributed by atoms with Gasteiger partial charge in [-0.15, -0.1) is 0 Å². The van der Waals surface area contributed by atoms with Crippen molar-refractivity contribution in [1.82, 2.24) is 9.29 Å². The molecule has 0 bridgehead atoms. The van der Waals surface area contributed by atoms with Gasteiger partial charge >= 0.3 is 11.5 Å². The van der Waals surface area contributed by atoms with Gasteiger partial charge in [0, 0.05) is 64.3 Å². The highest BCUT2D eigenvalue weighted by atomic mass is 35.5. The minimum absolute atomic E-state index is 0.0304. The minimum Gasteiger partial charge on any atom is -0.486 e. The van der Waals surface area contributed by atoms with Gasteiger partial charge in [0.15, 0.2) is 0 Å². The van der Waals surface area contributed by atoms with E-state index in [0.717, 1.165) is 27.8 Å². The first-order valence-corrected chi connectivity index (χ1v) is 18.6. The lowest BCUT2D eigenvalue weighted by Crippen LogP contribution is -2.37. The first-order chi connectivity index (χ1) is 24.0. The number of piperidine rings is 1. The molecule has 1 aliphatic rings. The molecule has 1 saturated heterocycles. The zero-order valence-electron chi connectivity index (χ0n) is 29.4. The van der Waals surface area contributed by atoms with E-state index in [1.807, 2.05) is 88.4 Å². The summed E-state index contributed by atoms with van der Waals surface area (Å²) in [6, 6.07) is 21.5. The second kappa shape index (κ2) is 16.2. The third-order valence-corrected chi connectivity index (χ3v) is 10.2. The average Bonchev–Trinajstić information content (AvgIpc) is 3.03. The lowest BCUT2D eigenvalue weighted by molar-refractivity contribution is -0.146. The van der Waals surface area contributed by atoms with E-state index in [-0.39, 0.29) is 36.3 Å². The Labute approximate surface area is 312 Å². The fourth-order valence-electron chi connectivity index (χ4n) is 7.11. The fraction of sp³-hybridized carbons (Fsp3) is 0.436. The lowest BCUT2D eigenvalue weighted by atomic mass is 9.79. The summed E-state index contributed by atoms with van der Waals surface area (Å²) in [4.78, 5) is 17.2. The van der Waals surface area contributed by atoms with Crippen LogP contribution in [0.4, 0.5) is 18.9 Å². The van der Waals surface area contributed by atoms with E-state index < -0.39 is 16.5 Å². The molecule has 12 heteroatoms. The van der Waals surface area contributed by atoms with E-state index in [1.54, 1.807) is 13.1 Å². The number of halogens is 5. The molecule has 1 fully saturated rings. The third-order valence-electron chi connectivity index (χ3n) is 8.84. The van der Waals surface area contributed by atoms with Crippen molar-refractivity contribution in [3.8, 4) is 5.75 Å². The monoisotopic (exact) mass is 761 g/mol. The quantitative estimate of drug-likeness (QED) is 0.0827. The fourth-order valence-corrected chi connectivity index (χ4v) is 8.05. The molecule has 5 rings (SSSR count). The number of alkyl halides is 3. The Bertz CT molecular complexity index is 1750. The molecule has 0 radical (unpaired) electrons. The van der Waals surface area contributed by atoms with E-state index in [0.29, 0.717) is 60.3 Å². The summed E-state index contributed by atoms with van der Waals surface area (Å²) < 4.78 is 52.6. The highest BCUT2D eigenvalue weighted by molar-refractivity contribution is 7.97. The van der Waals surface area contributed by atoms with E-state index in [1.165, 1.54) is 4.31 Å². The van der Waals surface area contributed by atoms with Gasteiger partial charge in [-0.1, -0.05) is 61.3 Å². The largest absolute Gasteiger partial charge is 0.486 e. The molecule has 1 N–H and O–H groups in total. The first-order valence-electron chi connectivity index (χ1n) is 17.1. The number of anilines is 1. The van der Waals surface area contributed by atoms with Crippen LogP contribution in [-0.2, 0) is 9.53 Å². The van der Waals surface area contributed by atoms with Crippen LogP contribution in [0.3, 0.4) is 0 Å². The Morgan fingerprint density at radius 3 is 2.08 bits per heavy atom. The van der Waals surface area contributed by atoms with Gasteiger partial charge in [-0.2, -0.15) is 13.2 Å². The summed E-state index contributed by atoms with van der Waals surface area (Å²) in [6.07, 6.45) is 3.62. The maximum atomic E-state index is 13.0. The van der Waals surface area contributed by atoms with Gasteiger partial charge in [-0.3, -0.25) is 9.78 Å². The van der Waals surface area contributed by atoms with Crippen LogP contribution in [0.5, 0.6) is 5.75 Å². The van der Waals surface area contributed by atoms with Crippen molar-refractivity contribution in [2.75, 3.05) is 25.0 Å². The smallest absolute Gasteiger partial charge is 0.456 e. The molecule has 4 aromatic rings. The van der Waals surface area contributed by atoms with Crippen molar-refractivity contribution in [1.29, 1.82) is 0 Å². The molecule has 0 aliphatic carbocycles. The van der Waals surface area contributed by atoms with Crippen LogP contribution >= 0.6 is 35.1 Å². The van der Waals surface area contributed by atoms with Crippen LogP contribution in [0.2, 0.25) is 10.0 Å². The van der Waals surface area contributed by atoms with Crippen LogP contribution < -0.4 is 10.1 Å². The molecule has 3 aromatic carbocycles. The average molecular weight is 763 g/mol. The molecule has 6 nitrogen and oxygen atoms in total. The molecule has 0 amide bonds. The van der Waals surface area contributed by atoms with Crippen LogP contribution in [0.1, 0.15) is 82.9 Å². The number of hydrogen-bond donors (Lipinski definition) is 1. The van der Waals surface area contributed by atoms with E-state index in [9.17, 15) is 18.0 Å². The molecule has 2 heterocycles. The number of fused-ring (bicyclic) bond motifs is 1. The van der Waals surface area contributed by atoms with Crippen molar-refractivity contribution in [3.05, 3.63) is 99.7 Å². The Balaban J connectivity index is 1.58. The standard InChI is InChI=1S/C39H44Cl2F3N3O3S/c1-6-49-34(48)23-37(2,3)24-38(4,5)50-33-22-27(35(25-7-11-28(40)12-8-25)26-9-13-29(41)14-10-26)21-31-32(15-18-45-36(31)33)46-30-16-19-47(20-17-30)51-39(42,43)44/h7-15,18,21-22,30,35H,6,16-17,19-20,23-24H2,1-5H3,(H,45,46). The lowest BCUT2D eigenvalue weighted by Gasteiger charge is -2.35. The molecule has 274 valence electrons. The number of ether oxygens (including phenoxy) is 2. The number of rotatable bonds is 13. The molecular formula is C39H44Cl2F3N3O3S. The number of carbonyl (C=O) groups excluding carboxylic acids is 1. The summed E-state index contributed by atoms with van der Waals surface area (Å²) in [6.45, 7) is 10.8. The van der Waals surface area contributed by atoms with Crippen molar-refractivity contribution >= 4 is 57.7 Å². The highest BCUT2D eigenvalue weighted by Crippen LogP contribution is 2.43. The Morgan fingerprint density at radius 1 is 0.941 bits per heavy atom. The zero-order chi connectivity index (χ0) is 37.0. The Hall–Kier alpha value is -3.18. The molecule has 51 heavy (non-hydrogen) atoms. The highest BCUT2D eigenvalue weighted by Gasteiger charge is 2.35. The number of pyridine rings is 1. The summed E-state index contributed by atoms with van der Waals surface area (Å²) in [5.41, 5.74) is -1.01. The number of nitrogens with zero attached hydrogens (tertiary/aromatic N) is 2. The van der Waals surface area contributed by atoms with Crippen molar-refractivity contribution < 1.29 is 27.4 Å². The first kappa shape index (κ1) is 39.0. The molecule has 0 saturated carbocycles. The van der Waals surface area contributed by atoms with Crippen molar-refractivity contribution in [3.63, 3.8) is 0 Å². The predicted molar refractivity (Wildman–Crippen MR) is 202 cm³/mol. The van der Waals surface area contributed by atoms with Gasteiger partial charge in [0.25, 0.3) is 0 Å². The Kier molecular flexibility index (Phi) is 12.4. The molecule has 0 spiro atoms. The third kappa shape index (κ3) is 10.9. The normalized spacial score (nSPS) is 15.0. The van der Waals surface area contributed by atoms with Gasteiger partial charge in [0.2, 0.25) is 0 Å². The van der Waals surface area contributed by atoms with Crippen LogP contribution in [0.15, 0.2) is 72.9 Å². The SMILES string of the molecule is CCOC(=O)CC(C)(C)CC(C)(C)Oc1cc(C(c2ccc(Cl)cc2)c2ccc(Cl)cc2)cc2c(NC3CCN(SC(F)(F)F)CC3)ccnc12. The molecule has 1 aliphatic heterocycles. The topological polar surface area (TPSA) is 63.7 Å². The zero-order valence-corrected chi connectivity index (χ0v) is 31.8. The molecular weight excluding hydrogens is 718 g/mol. The number of nitrogens with one attached hydrogen (secondary N) is 1.